The molecule has 1 aromatic carbocycles. The number of nitrogens with one attached hydrogen (secondary N) is 1. The quantitative estimate of drug-likeness (QED) is 0.807. The smallest absolute Gasteiger partial charge is 0.226 e. The van der Waals surface area contributed by atoms with E-state index in [-0.39, 0.29) is 23.9 Å². The highest BCUT2D eigenvalue weighted by Crippen LogP contribution is 2.17. The van der Waals surface area contributed by atoms with Crippen LogP contribution >= 0.6 is 0 Å². The van der Waals surface area contributed by atoms with Crippen LogP contribution in [-0.4, -0.2) is 29.8 Å². The Kier molecular flexibility index (Phi) is 3.99. The van der Waals surface area contributed by atoms with Crippen LogP contribution in [0.1, 0.15) is 19.3 Å². The zero-order valence-corrected chi connectivity index (χ0v) is 10.5. The van der Waals surface area contributed by atoms with Crippen molar-refractivity contribution in [3.05, 3.63) is 24.0 Å². The van der Waals surface area contributed by atoms with E-state index in [2.05, 4.69) is 5.32 Å². The molecule has 0 spiro atoms. The molecule has 0 aliphatic carbocycles. The molecule has 1 aliphatic rings. The molecule has 2 amide bonds. The lowest BCUT2D eigenvalue weighted by Crippen LogP contribution is -2.28. The fourth-order valence-electron chi connectivity index (χ4n) is 2.03. The van der Waals surface area contributed by atoms with E-state index in [0.29, 0.717) is 25.2 Å². The van der Waals surface area contributed by atoms with Gasteiger partial charge in [-0.3, -0.25) is 9.59 Å². The Morgan fingerprint density at radius 3 is 2.95 bits per heavy atom. The number of carbonyl (C=O) groups is 2. The van der Waals surface area contributed by atoms with Crippen LogP contribution in [0.15, 0.2) is 18.2 Å². The van der Waals surface area contributed by atoms with Crippen molar-refractivity contribution in [2.24, 2.45) is 0 Å². The molecule has 1 heterocycles. The molecule has 0 bridgehead atoms. The number of hydrogen-bond acceptors (Lipinski definition) is 3. The number of nitrogens with two attached hydrogens (primary N) is 1. The van der Waals surface area contributed by atoms with Gasteiger partial charge in [-0.25, -0.2) is 4.39 Å². The minimum Gasteiger partial charge on any atom is -0.399 e. The molecule has 1 fully saturated rings. The van der Waals surface area contributed by atoms with Gasteiger partial charge in [-0.05, 0) is 24.6 Å². The summed E-state index contributed by atoms with van der Waals surface area (Å²) in [5, 5.41) is 2.46. The van der Waals surface area contributed by atoms with Gasteiger partial charge in [0.25, 0.3) is 0 Å². The molecule has 1 aliphatic heterocycles. The van der Waals surface area contributed by atoms with Crippen molar-refractivity contribution >= 4 is 23.2 Å². The third-order valence-electron chi connectivity index (χ3n) is 3.04. The number of rotatable bonds is 4. The molecule has 1 saturated heterocycles. The van der Waals surface area contributed by atoms with Crippen LogP contribution in [0.5, 0.6) is 0 Å². The van der Waals surface area contributed by atoms with E-state index >= 15 is 0 Å². The predicted molar refractivity (Wildman–Crippen MR) is 69.9 cm³/mol. The van der Waals surface area contributed by atoms with Gasteiger partial charge in [0.05, 0.1) is 5.69 Å². The number of amides is 2. The summed E-state index contributed by atoms with van der Waals surface area (Å²) >= 11 is 0. The molecule has 0 atom stereocenters. The Balaban J connectivity index is 1.87. The van der Waals surface area contributed by atoms with Crippen LogP contribution in [0.4, 0.5) is 15.8 Å². The second-order valence-corrected chi connectivity index (χ2v) is 4.52. The summed E-state index contributed by atoms with van der Waals surface area (Å²) in [7, 11) is 0. The number of carbonyl (C=O) groups excluding carboxylic acids is 2. The lowest BCUT2D eigenvalue weighted by atomic mass is 10.2. The molecular formula is C13H16FN3O2. The SMILES string of the molecule is Nc1ccc(F)c(NC(=O)CCN2CCCC2=O)c1. The van der Waals surface area contributed by atoms with Gasteiger partial charge in [0, 0.05) is 31.6 Å². The standard InChI is InChI=1S/C13H16FN3O2/c14-10-4-3-9(15)8-11(10)16-12(18)5-7-17-6-1-2-13(17)19/h3-4,8H,1-2,5-7,15H2,(H,16,18). The van der Waals surface area contributed by atoms with Crippen molar-refractivity contribution in [1.29, 1.82) is 0 Å². The number of nitrogens with zero attached hydrogens (tertiary/aromatic N) is 1. The van der Waals surface area contributed by atoms with Crippen LogP contribution in [0.2, 0.25) is 0 Å². The number of hydrogen-bond donors (Lipinski definition) is 2. The van der Waals surface area contributed by atoms with Gasteiger partial charge in [-0.1, -0.05) is 0 Å². The first-order chi connectivity index (χ1) is 9.06. The van der Waals surface area contributed by atoms with Crippen LogP contribution in [-0.2, 0) is 9.59 Å². The number of halogens is 1. The molecule has 3 N–H and O–H groups in total. The first-order valence-electron chi connectivity index (χ1n) is 6.19. The zero-order chi connectivity index (χ0) is 13.8. The molecule has 0 aromatic heterocycles. The Labute approximate surface area is 110 Å². The summed E-state index contributed by atoms with van der Waals surface area (Å²) in [6.45, 7) is 1.06. The fraction of sp³-hybridized carbons (Fsp3) is 0.385. The zero-order valence-electron chi connectivity index (χ0n) is 10.5. The molecule has 0 radical (unpaired) electrons. The van der Waals surface area contributed by atoms with E-state index in [1.165, 1.54) is 18.2 Å². The van der Waals surface area contributed by atoms with Gasteiger partial charge in [0.15, 0.2) is 0 Å². The third kappa shape index (κ3) is 3.43. The summed E-state index contributed by atoms with van der Waals surface area (Å²) in [4.78, 5) is 24.7. The molecule has 2 rings (SSSR count). The highest BCUT2D eigenvalue weighted by atomic mass is 19.1. The van der Waals surface area contributed by atoms with Crippen molar-refractivity contribution in [3.63, 3.8) is 0 Å². The fourth-order valence-corrected chi connectivity index (χ4v) is 2.03. The summed E-state index contributed by atoms with van der Waals surface area (Å²) in [5.74, 6) is -0.785. The van der Waals surface area contributed by atoms with Gasteiger partial charge >= 0.3 is 0 Å². The Morgan fingerprint density at radius 2 is 2.26 bits per heavy atom. The maximum Gasteiger partial charge on any atom is 0.226 e. The van der Waals surface area contributed by atoms with Gasteiger partial charge < -0.3 is 16.0 Å². The molecule has 0 unspecified atom stereocenters. The van der Waals surface area contributed by atoms with Gasteiger partial charge in [-0.2, -0.15) is 0 Å². The minimum atomic E-state index is -0.528. The molecule has 0 saturated carbocycles. The Hall–Kier alpha value is -2.11. The predicted octanol–water partition coefficient (Wildman–Crippen LogP) is 1.36. The maximum atomic E-state index is 13.4. The number of nitrogen functional groups attached to an aromatic ring is 1. The summed E-state index contributed by atoms with van der Waals surface area (Å²) in [5.41, 5.74) is 5.97. The van der Waals surface area contributed by atoms with Gasteiger partial charge in [0.2, 0.25) is 11.8 Å². The van der Waals surface area contributed by atoms with Gasteiger partial charge in [0.1, 0.15) is 5.82 Å². The molecule has 102 valence electrons. The Morgan fingerprint density at radius 1 is 1.47 bits per heavy atom. The average Bonchev–Trinajstić information content (AvgIpc) is 2.77. The van der Waals surface area contributed by atoms with E-state index in [9.17, 15) is 14.0 Å². The lowest BCUT2D eigenvalue weighted by molar-refractivity contribution is -0.128. The van der Waals surface area contributed by atoms with E-state index in [1.54, 1.807) is 4.90 Å². The van der Waals surface area contributed by atoms with Crippen LogP contribution < -0.4 is 11.1 Å². The normalized spacial score (nSPS) is 14.8. The Bertz CT molecular complexity index is 505. The molecule has 1 aromatic rings. The van der Waals surface area contributed by atoms with E-state index < -0.39 is 5.82 Å². The summed E-state index contributed by atoms with van der Waals surface area (Å²) < 4.78 is 13.4. The first-order valence-corrected chi connectivity index (χ1v) is 6.19. The van der Waals surface area contributed by atoms with Crippen molar-refractivity contribution in [2.75, 3.05) is 24.1 Å². The number of anilines is 2. The third-order valence-corrected chi connectivity index (χ3v) is 3.04. The highest BCUT2D eigenvalue weighted by Gasteiger charge is 2.20. The van der Waals surface area contributed by atoms with E-state index in [1.807, 2.05) is 0 Å². The second-order valence-electron chi connectivity index (χ2n) is 4.52. The largest absolute Gasteiger partial charge is 0.399 e. The molecule has 19 heavy (non-hydrogen) atoms. The van der Waals surface area contributed by atoms with Crippen LogP contribution in [0.3, 0.4) is 0 Å². The second kappa shape index (κ2) is 5.69. The first kappa shape index (κ1) is 13.3. The van der Waals surface area contributed by atoms with Crippen LogP contribution in [0.25, 0.3) is 0 Å². The summed E-state index contributed by atoms with van der Waals surface area (Å²) in [6, 6.07) is 4.00. The summed E-state index contributed by atoms with van der Waals surface area (Å²) in [6.07, 6.45) is 1.54. The topological polar surface area (TPSA) is 75.4 Å². The van der Waals surface area contributed by atoms with Crippen molar-refractivity contribution < 1.29 is 14.0 Å². The van der Waals surface area contributed by atoms with Crippen molar-refractivity contribution in [3.8, 4) is 0 Å². The van der Waals surface area contributed by atoms with E-state index in [4.69, 9.17) is 5.73 Å². The van der Waals surface area contributed by atoms with Gasteiger partial charge in [-0.15, -0.1) is 0 Å². The minimum absolute atomic E-state index is 0.0674. The van der Waals surface area contributed by atoms with Crippen molar-refractivity contribution in [1.82, 2.24) is 4.90 Å². The lowest BCUT2D eigenvalue weighted by Gasteiger charge is -2.15. The van der Waals surface area contributed by atoms with E-state index in [0.717, 1.165) is 6.42 Å². The molecular weight excluding hydrogens is 249 g/mol. The number of likely N-dealkylation sites (tertiary alicyclic amines) is 1. The number of benzene rings is 1. The highest BCUT2D eigenvalue weighted by molar-refractivity contribution is 5.91. The van der Waals surface area contributed by atoms with Crippen LogP contribution in [0, 0.1) is 5.82 Å². The molecule has 5 nitrogen and oxygen atoms in total. The molecule has 6 heteroatoms. The average molecular weight is 265 g/mol. The maximum absolute atomic E-state index is 13.4. The van der Waals surface area contributed by atoms with Crippen molar-refractivity contribution in [2.45, 2.75) is 19.3 Å². The monoisotopic (exact) mass is 265 g/mol.